The molecule has 1 aliphatic heterocycles. The molecule has 25 heavy (non-hydrogen) atoms. The first-order valence-corrected chi connectivity index (χ1v) is 8.22. The van der Waals surface area contributed by atoms with Crippen LogP contribution in [0.3, 0.4) is 0 Å². The molecular formula is C19H18FN5. The van der Waals surface area contributed by atoms with E-state index in [2.05, 4.69) is 35.0 Å². The molecular weight excluding hydrogens is 317 g/mol. The summed E-state index contributed by atoms with van der Waals surface area (Å²) in [6, 6.07) is 7.06. The Morgan fingerprint density at radius 3 is 2.84 bits per heavy atom. The molecule has 0 saturated heterocycles. The predicted molar refractivity (Wildman–Crippen MR) is 97.9 cm³/mol. The van der Waals surface area contributed by atoms with Crippen molar-refractivity contribution in [2.45, 2.75) is 19.8 Å². The van der Waals surface area contributed by atoms with E-state index in [4.69, 9.17) is 0 Å². The van der Waals surface area contributed by atoms with Crippen LogP contribution in [0.15, 0.2) is 54.1 Å². The van der Waals surface area contributed by atoms with Gasteiger partial charge in [0.2, 0.25) is 0 Å². The van der Waals surface area contributed by atoms with Crippen molar-refractivity contribution in [1.29, 1.82) is 0 Å². The lowest BCUT2D eigenvalue weighted by Crippen LogP contribution is -2.20. The third kappa shape index (κ3) is 2.91. The largest absolute Gasteiger partial charge is 0.341 e. The minimum atomic E-state index is -0.324. The minimum absolute atomic E-state index is 0.324. The van der Waals surface area contributed by atoms with Crippen molar-refractivity contribution in [1.82, 2.24) is 14.8 Å². The van der Waals surface area contributed by atoms with Crippen molar-refractivity contribution in [3.63, 3.8) is 0 Å². The maximum atomic E-state index is 14.4. The van der Waals surface area contributed by atoms with Crippen LogP contribution in [-0.2, 0) is 0 Å². The lowest BCUT2D eigenvalue weighted by atomic mass is 10.1. The van der Waals surface area contributed by atoms with Crippen LogP contribution in [0.2, 0.25) is 0 Å². The Hall–Kier alpha value is -3.02. The van der Waals surface area contributed by atoms with E-state index >= 15 is 0 Å². The number of rotatable bonds is 3. The molecule has 0 aliphatic carbocycles. The highest BCUT2D eigenvalue weighted by Gasteiger charge is 2.13. The number of nitrogens with zero attached hydrogens (tertiary/aromatic N) is 5. The Balaban J connectivity index is 1.77. The number of benzene rings is 1. The molecule has 0 unspecified atom stereocenters. The van der Waals surface area contributed by atoms with E-state index in [1.54, 1.807) is 23.0 Å². The summed E-state index contributed by atoms with van der Waals surface area (Å²) < 4.78 is 16.0. The van der Waals surface area contributed by atoms with E-state index in [1.165, 1.54) is 6.07 Å². The van der Waals surface area contributed by atoms with Gasteiger partial charge >= 0.3 is 0 Å². The smallest absolute Gasteiger partial charge is 0.181 e. The Morgan fingerprint density at radius 2 is 2.08 bits per heavy atom. The molecule has 0 spiro atoms. The predicted octanol–water partition coefficient (Wildman–Crippen LogP) is 4.05. The van der Waals surface area contributed by atoms with Crippen molar-refractivity contribution in [3.05, 3.63) is 60.4 Å². The van der Waals surface area contributed by atoms with Gasteiger partial charge in [0, 0.05) is 42.1 Å². The highest BCUT2D eigenvalue weighted by Crippen LogP contribution is 2.25. The van der Waals surface area contributed by atoms with Gasteiger partial charge in [0.15, 0.2) is 5.65 Å². The lowest BCUT2D eigenvalue weighted by molar-refractivity contribution is 0.611. The van der Waals surface area contributed by atoms with Crippen LogP contribution in [0.1, 0.15) is 25.3 Å². The summed E-state index contributed by atoms with van der Waals surface area (Å²) in [4.78, 5) is 10.4. The summed E-state index contributed by atoms with van der Waals surface area (Å²) in [7, 11) is 0. The Bertz CT molecular complexity index is 987. The van der Waals surface area contributed by atoms with Gasteiger partial charge in [0.1, 0.15) is 11.5 Å². The van der Waals surface area contributed by atoms with Crippen LogP contribution in [0, 0.1) is 5.82 Å². The zero-order valence-electron chi connectivity index (χ0n) is 14.1. The van der Waals surface area contributed by atoms with Crippen LogP contribution in [-0.4, -0.2) is 27.5 Å². The number of hydrogen-bond donors (Lipinski definition) is 0. The van der Waals surface area contributed by atoms with Gasteiger partial charge < -0.3 is 4.90 Å². The van der Waals surface area contributed by atoms with Gasteiger partial charge in [0.05, 0.1) is 6.54 Å². The van der Waals surface area contributed by atoms with Gasteiger partial charge in [-0.3, -0.25) is 4.99 Å². The Morgan fingerprint density at radius 1 is 1.20 bits per heavy atom. The third-order valence-electron chi connectivity index (χ3n) is 4.27. The second-order valence-corrected chi connectivity index (χ2v) is 6.33. The van der Waals surface area contributed by atoms with Crippen LogP contribution in [0.25, 0.3) is 16.7 Å². The highest BCUT2D eigenvalue weighted by molar-refractivity contribution is 5.76. The van der Waals surface area contributed by atoms with Gasteiger partial charge in [-0.2, -0.15) is 0 Å². The average molecular weight is 335 g/mol. The van der Waals surface area contributed by atoms with Crippen molar-refractivity contribution < 1.29 is 4.39 Å². The summed E-state index contributed by atoms with van der Waals surface area (Å²) in [5, 5.41) is 5.34. The molecule has 1 aliphatic rings. The first kappa shape index (κ1) is 15.5. The summed E-state index contributed by atoms with van der Waals surface area (Å²) in [5.41, 5.74) is 3.03. The van der Waals surface area contributed by atoms with Crippen molar-refractivity contribution >= 4 is 22.9 Å². The fourth-order valence-corrected chi connectivity index (χ4v) is 2.79. The van der Waals surface area contributed by atoms with E-state index in [0.717, 1.165) is 16.6 Å². The minimum Gasteiger partial charge on any atom is -0.341 e. The van der Waals surface area contributed by atoms with Gasteiger partial charge in [-0.05, 0) is 35.7 Å². The van der Waals surface area contributed by atoms with Crippen molar-refractivity contribution in [3.8, 4) is 5.69 Å². The first-order valence-electron chi connectivity index (χ1n) is 8.22. The number of anilines is 1. The molecule has 2 aromatic heterocycles. The van der Waals surface area contributed by atoms with E-state index in [1.807, 2.05) is 29.7 Å². The number of aliphatic imine (C=N–C) groups is 1. The molecule has 4 rings (SSSR count). The van der Waals surface area contributed by atoms with Crippen LogP contribution in [0.5, 0.6) is 0 Å². The SMILES string of the molecule is CC(C)c1cnc2nn(-c3cc(N4C=CN=CC4)ccc3F)cc2c1. The van der Waals surface area contributed by atoms with Crippen LogP contribution in [0.4, 0.5) is 10.1 Å². The maximum Gasteiger partial charge on any atom is 0.181 e. The number of aromatic nitrogens is 3. The van der Waals surface area contributed by atoms with Crippen LogP contribution >= 0.6 is 0 Å². The fourth-order valence-electron chi connectivity index (χ4n) is 2.79. The second kappa shape index (κ2) is 6.12. The average Bonchev–Trinajstić information content (AvgIpc) is 3.05. The van der Waals surface area contributed by atoms with E-state index in [0.29, 0.717) is 23.8 Å². The van der Waals surface area contributed by atoms with E-state index in [-0.39, 0.29) is 5.82 Å². The highest BCUT2D eigenvalue weighted by atomic mass is 19.1. The topological polar surface area (TPSA) is 46.3 Å². The lowest BCUT2D eigenvalue weighted by Gasteiger charge is -2.20. The molecule has 5 nitrogen and oxygen atoms in total. The number of halogens is 1. The molecule has 0 atom stereocenters. The molecule has 6 heteroatoms. The summed E-state index contributed by atoms with van der Waals surface area (Å²) in [6.07, 6.45) is 9.04. The monoisotopic (exact) mass is 335 g/mol. The van der Waals surface area contributed by atoms with Crippen LogP contribution < -0.4 is 4.90 Å². The van der Waals surface area contributed by atoms with Gasteiger partial charge in [-0.15, -0.1) is 5.10 Å². The molecule has 0 radical (unpaired) electrons. The maximum absolute atomic E-state index is 14.4. The zero-order chi connectivity index (χ0) is 17.4. The number of hydrogen-bond acceptors (Lipinski definition) is 4. The normalized spacial score (nSPS) is 14.0. The third-order valence-corrected chi connectivity index (χ3v) is 4.27. The number of pyridine rings is 1. The standard InChI is InChI=1S/C19H18FN5/c1-13(2)14-9-15-12-25(23-19(15)22-11-14)18-10-16(3-4-17(18)20)24-7-5-21-6-8-24/h3-7,9-13H,8H2,1-2H3. The van der Waals surface area contributed by atoms with Gasteiger partial charge in [0.25, 0.3) is 0 Å². The Labute approximate surface area is 145 Å². The first-order chi connectivity index (χ1) is 12.1. The zero-order valence-corrected chi connectivity index (χ0v) is 14.1. The van der Waals surface area contributed by atoms with E-state index in [9.17, 15) is 4.39 Å². The summed E-state index contributed by atoms with van der Waals surface area (Å²) in [6.45, 7) is 4.89. The molecule has 0 saturated carbocycles. The fraction of sp³-hybridized carbons (Fsp3) is 0.211. The summed E-state index contributed by atoms with van der Waals surface area (Å²) in [5.74, 6) is 0.0585. The molecule has 126 valence electrons. The summed E-state index contributed by atoms with van der Waals surface area (Å²) >= 11 is 0. The van der Waals surface area contributed by atoms with Gasteiger partial charge in [-0.25, -0.2) is 14.1 Å². The quantitative estimate of drug-likeness (QED) is 0.725. The second-order valence-electron chi connectivity index (χ2n) is 6.33. The van der Waals surface area contributed by atoms with Gasteiger partial charge in [-0.1, -0.05) is 13.8 Å². The molecule has 0 bridgehead atoms. The molecule has 1 aromatic carbocycles. The van der Waals surface area contributed by atoms with E-state index < -0.39 is 0 Å². The number of fused-ring (bicyclic) bond motifs is 1. The molecule has 0 amide bonds. The molecule has 3 heterocycles. The Kier molecular flexibility index (Phi) is 3.80. The van der Waals surface area contributed by atoms with Crippen molar-refractivity contribution in [2.24, 2.45) is 4.99 Å². The molecule has 0 fully saturated rings. The molecule has 3 aromatic rings. The molecule has 0 N–H and O–H groups in total. The van der Waals surface area contributed by atoms with Crippen molar-refractivity contribution in [2.75, 3.05) is 11.4 Å².